The highest BCUT2D eigenvalue weighted by atomic mass is 19.2. The van der Waals surface area contributed by atoms with Gasteiger partial charge < -0.3 is 15.1 Å². The zero-order valence-corrected chi connectivity index (χ0v) is 13.7. The minimum absolute atomic E-state index is 0.00311. The van der Waals surface area contributed by atoms with Gasteiger partial charge in [0.05, 0.1) is 25.3 Å². The number of β-amino-alcohol motifs (C(OH)–C–C–N with tert-alkyl or cyclic N) is 2. The molecule has 138 valence electrons. The Hall–Kier alpha value is -1.64. The summed E-state index contributed by atoms with van der Waals surface area (Å²) >= 11 is 0. The molecule has 0 spiro atoms. The number of hydrogen-bond acceptors (Lipinski definition) is 4. The molecule has 2 N–H and O–H groups in total. The molecule has 25 heavy (non-hydrogen) atoms. The highest BCUT2D eigenvalue weighted by molar-refractivity contribution is 5.95. The molecule has 8 heteroatoms. The van der Waals surface area contributed by atoms with E-state index in [2.05, 4.69) is 0 Å². The van der Waals surface area contributed by atoms with Gasteiger partial charge in [0.2, 0.25) is 0 Å². The molecule has 1 amide bonds. The first-order chi connectivity index (χ1) is 11.9. The van der Waals surface area contributed by atoms with Crippen LogP contribution in [0.2, 0.25) is 0 Å². The van der Waals surface area contributed by atoms with Crippen molar-refractivity contribution in [2.24, 2.45) is 0 Å². The van der Waals surface area contributed by atoms with E-state index in [0.717, 1.165) is 31.9 Å². The molecule has 3 rings (SSSR count). The Morgan fingerprint density at radius 2 is 1.92 bits per heavy atom. The molecule has 2 aliphatic heterocycles. The SMILES string of the molecule is O=C(c1ccc(F)c(F)c1F)N1CC(O)([C@@H]2CCCCN2CCO)C1. The third kappa shape index (κ3) is 3.26. The fourth-order valence-electron chi connectivity index (χ4n) is 3.83. The number of hydrogen-bond donors (Lipinski definition) is 2. The van der Waals surface area contributed by atoms with E-state index in [4.69, 9.17) is 5.11 Å². The Morgan fingerprint density at radius 3 is 2.60 bits per heavy atom. The molecular formula is C17H21F3N2O3. The number of halogens is 3. The van der Waals surface area contributed by atoms with Gasteiger partial charge in [0.1, 0.15) is 5.60 Å². The third-order valence-corrected chi connectivity index (χ3v) is 5.10. The largest absolute Gasteiger partial charge is 0.395 e. The lowest BCUT2D eigenvalue weighted by Crippen LogP contribution is -2.72. The molecule has 0 saturated carbocycles. The maximum Gasteiger partial charge on any atom is 0.257 e. The van der Waals surface area contributed by atoms with Crippen molar-refractivity contribution < 1.29 is 28.2 Å². The van der Waals surface area contributed by atoms with E-state index in [0.29, 0.717) is 12.6 Å². The molecular weight excluding hydrogens is 337 g/mol. The predicted octanol–water partition coefficient (Wildman–Crippen LogP) is 1.14. The summed E-state index contributed by atoms with van der Waals surface area (Å²) in [5, 5.41) is 20.0. The van der Waals surface area contributed by atoms with E-state index >= 15 is 0 Å². The van der Waals surface area contributed by atoms with E-state index in [1.807, 2.05) is 4.90 Å². The van der Waals surface area contributed by atoms with Crippen LogP contribution in [0.1, 0.15) is 29.6 Å². The molecule has 1 aromatic carbocycles. The summed E-state index contributed by atoms with van der Waals surface area (Å²) in [5.74, 6) is -5.32. The van der Waals surface area contributed by atoms with Crippen LogP contribution >= 0.6 is 0 Å². The van der Waals surface area contributed by atoms with Crippen LogP contribution in [0.15, 0.2) is 12.1 Å². The molecule has 2 heterocycles. The van der Waals surface area contributed by atoms with Gasteiger partial charge in [0, 0.05) is 12.6 Å². The van der Waals surface area contributed by atoms with Gasteiger partial charge in [-0.05, 0) is 31.5 Å². The van der Waals surface area contributed by atoms with Crippen LogP contribution in [0.4, 0.5) is 13.2 Å². The van der Waals surface area contributed by atoms with Crippen LogP contribution in [0.25, 0.3) is 0 Å². The summed E-state index contributed by atoms with van der Waals surface area (Å²) in [5.41, 5.74) is -1.68. The van der Waals surface area contributed by atoms with E-state index in [1.165, 1.54) is 4.90 Å². The Kier molecular flexibility index (Phi) is 5.04. The predicted molar refractivity (Wildman–Crippen MR) is 83.5 cm³/mol. The zero-order valence-electron chi connectivity index (χ0n) is 13.7. The number of amides is 1. The van der Waals surface area contributed by atoms with E-state index in [1.54, 1.807) is 0 Å². The molecule has 2 saturated heterocycles. The van der Waals surface area contributed by atoms with Gasteiger partial charge in [0.25, 0.3) is 5.91 Å². The van der Waals surface area contributed by atoms with Crippen LogP contribution in [-0.2, 0) is 0 Å². The second kappa shape index (κ2) is 6.93. The summed E-state index contributed by atoms with van der Waals surface area (Å²) < 4.78 is 40.1. The number of nitrogens with zero attached hydrogens (tertiary/aromatic N) is 2. The van der Waals surface area contributed by atoms with Crippen LogP contribution in [0.3, 0.4) is 0 Å². The Labute approximate surface area is 143 Å². The number of aliphatic hydroxyl groups excluding tert-OH is 1. The summed E-state index contributed by atoms with van der Waals surface area (Å²) in [4.78, 5) is 15.5. The Morgan fingerprint density at radius 1 is 1.20 bits per heavy atom. The van der Waals surface area contributed by atoms with Gasteiger partial charge in [-0.3, -0.25) is 9.69 Å². The second-order valence-corrected chi connectivity index (χ2v) is 6.76. The Balaban J connectivity index is 1.70. The number of piperidine rings is 1. The first-order valence-electron chi connectivity index (χ1n) is 8.37. The molecule has 2 fully saturated rings. The highest BCUT2D eigenvalue weighted by Crippen LogP contribution is 2.34. The summed E-state index contributed by atoms with van der Waals surface area (Å²) in [6.45, 7) is 1.18. The van der Waals surface area contributed by atoms with Crippen LogP contribution in [-0.4, -0.2) is 70.3 Å². The van der Waals surface area contributed by atoms with Gasteiger partial charge in [0.15, 0.2) is 17.5 Å². The van der Waals surface area contributed by atoms with E-state index in [-0.39, 0.29) is 25.7 Å². The maximum atomic E-state index is 13.8. The fourth-order valence-corrected chi connectivity index (χ4v) is 3.83. The van der Waals surface area contributed by atoms with Crippen molar-refractivity contribution in [3.63, 3.8) is 0 Å². The normalized spacial score (nSPS) is 23.4. The number of aliphatic hydroxyl groups is 2. The van der Waals surface area contributed by atoms with Gasteiger partial charge in [-0.15, -0.1) is 0 Å². The van der Waals surface area contributed by atoms with Crippen molar-refractivity contribution >= 4 is 5.91 Å². The van der Waals surface area contributed by atoms with Crippen molar-refractivity contribution in [3.05, 3.63) is 35.1 Å². The lowest BCUT2D eigenvalue weighted by Gasteiger charge is -2.54. The molecule has 0 unspecified atom stereocenters. The molecule has 0 bridgehead atoms. The average molecular weight is 358 g/mol. The van der Waals surface area contributed by atoms with Gasteiger partial charge >= 0.3 is 0 Å². The molecule has 1 aromatic rings. The zero-order chi connectivity index (χ0) is 18.2. The minimum atomic E-state index is -1.68. The lowest BCUT2D eigenvalue weighted by molar-refractivity contribution is -0.141. The molecule has 5 nitrogen and oxygen atoms in total. The lowest BCUT2D eigenvalue weighted by atomic mass is 9.80. The maximum absolute atomic E-state index is 13.8. The van der Waals surface area contributed by atoms with E-state index in [9.17, 15) is 23.1 Å². The van der Waals surface area contributed by atoms with Gasteiger partial charge in [-0.25, -0.2) is 13.2 Å². The second-order valence-electron chi connectivity index (χ2n) is 6.76. The van der Waals surface area contributed by atoms with Gasteiger partial charge in [-0.1, -0.05) is 6.42 Å². The monoisotopic (exact) mass is 358 g/mol. The summed E-state index contributed by atoms with van der Waals surface area (Å²) in [6, 6.07) is 1.43. The first kappa shape index (κ1) is 18.2. The molecule has 0 aromatic heterocycles. The first-order valence-corrected chi connectivity index (χ1v) is 8.37. The van der Waals surface area contributed by atoms with Crippen molar-refractivity contribution in [2.75, 3.05) is 32.8 Å². The Bertz CT molecular complexity index is 663. The van der Waals surface area contributed by atoms with E-state index < -0.39 is 34.5 Å². The highest BCUT2D eigenvalue weighted by Gasteiger charge is 2.51. The number of rotatable bonds is 4. The molecule has 2 aliphatic rings. The molecule has 0 radical (unpaired) electrons. The number of carbonyl (C=O) groups excluding carboxylic acids is 1. The standard InChI is InChI=1S/C17H21F3N2O3/c18-12-5-4-11(14(19)15(12)20)16(24)22-9-17(25,10-22)13-3-1-2-6-21(13)7-8-23/h4-5,13,23,25H,1-3,6-10H2/t13-/m0/s1. The summed E-state index contributed by atoms with van der Waals surface area (Å²) in [6.07, 6.45) is 2.67. The van der Waals surface area contributed by atoms with Crippen molar-refractivity contribution in [1.29, 1.82) is 0 Å². The van der Waals surface area contributed by atoms with Crippen LogP contribution in [0, 0.1) is 17.5 Å². The summed E-state index contributed by atoms with van der Waals surface area (Å²) in [7, 11) is 0. The van der Waals surface area contributed by atoms with Crippen molar-refractivity contribution in [3.8, 4) is 0 Å². The minimum Gasteiger partial charge on any atom is -0.395 e. The number of benzene rings is 1. The van der Waals surface area contributed by atoms with Crippen LogP contribution < -0.4 is 0 Å². The smallest absolute Gasteiger partial charge is 0.257 e. The topological polar surface area (TPSA) is 64.0 Å². The molecule has 0 aliphatic carbocycles. The number of carbonyl (C=O) groups is 1. The third-order valence-electron chi connectivity index (χ3n) is 5.10. The van der Waals surface area contributed by atoms with Crippen LogP contribution in [0.5, 0.6) is 0 Å². The average Bonchev–Trinajstić information content (AvgIpc) is 2.57. The van der Waals surface area contributed by atoms with Crippen molar-refractivity contribution in [1.82, 2.24) is 9.80 Å². The van der Waals surface area contributed by atoms with Gasteiger partial charge in [-0.2, -0.15) is 0 Å². The fraction of sp³-hybridized carbons (Fsp3) is 0.588. The molecule has 1 atom stereocenters. The number of likely N-dealkylation sites (tertiary alicyclic amines) is 2. The quantitative estimate of drug-likeness (QED) is 0.793. The van der Waals surface area contributed by atoms with Crippen molar-refractivity contribution in [2.45, 2.75) is 30.9 Å².